The van der Waals surface area contributed by atoms with Gasteiger partial charge in [-0.3, -0.25) is 14.6 Å². The average Bonchev–Trinajstić information content (AvgIpc) is 3.28. The van der Waals surface area contributed by atoms with Crippen LogP contribution in [0.3, 0.4) is 0 Å². The Balaban J connectivity index is 1.53. The number of aromatic carboxylic acids is 1. The topological polar surface area (TPSA) is 110 Å². The van der Waals surface area contributed by atoms with Gasteiger partial charge in [0.15, 0.2) is 5.69 Å². The van der Waals surface area contributed by atoms with Crippen LogP contribution in [0.25, 0.3) is 11.4 Å². The molecule has 0 fully saturated rings. The molecule has 1 unspecified atom stereocenters. The first-order chi connectivity index (χ1) is 12.1. The molecule has 1 atom stereocenters. The van der Waals surface area contributed by atoms with Crippen molar-refractivity contribution in [3.8, 4) is 11.4 Å². The Morgan fingerprint density at radius 2 is 2.12 bits per heavy atom. The van der Waals surface area contributed by atoms with Gasteiger partial charge in [0.1, 0.15) is 0 Å². The maximum absolute atomic E-state index is 11.1. The monoisotopic (exact) mass is 340 g/mol. The van der Waals surface area contributed by atoms with Gasteiger partial charge in [0.25, 0.3) is 0 Å². The Hall–Kier alpha value is -3.07. The summed E-state index contributed by atoms with van der Waals surface area (Å²) in [4.78, 5) is 21.7. The van der Waals surface area contributed by atoms with Gasteiger partial charge in [-0.15, -0.1) is 0 Å². The second-order valence-electron chi connectivity index (χ2n) is 5.89. The van der Waals surface area contributed by atoms with Crippen molar-refractivity contribution >= 4 is 5.97 Å². The lowest BCUT2D eigenvalue weighted by Gasteiger charge is -2.30. The zero-order chi connectivity index (χ0) is 17.4. The first-order valence-electron chi connectivity index (χ1n) is 7.90. The van der Waals surface area contributed by atoms with Gasteiger partial charge in [-0.2, -0.15) is 10.1 Å². The van der Waals surface area contributed by atoms with Gasteiger partial charge in [-0.1, -0.05) is 5.16 Å². The molecule has 4 heterocycles. The molecule has 25 heavy (non-hydrogen) atoms. The number of rotatable bonds is 4. The van der Waals surface area contributed by atoms with Crippen LogP contribution in [0.1, 0.15) is 35.0 Å². The van der Waals surface area contributed by atoms with Crippen LogP contribution >= 0.6 is 0 Å². The molecular formula is C16H16N6O3. The third kappa shape index (κ3) is 2.89. The lowest BCUT2D eigenvalue weighted by Crippen LogP contribution is -2.35. The number of aromatic nitrogens is 5. The van der Waals surface area contributed by atoms with Crippen LogP contribution in [0.4, 0.5) is 0 Å². The molecule has 0 saturated carbocycles. The smallest absolute Gasteiger partial charge is 0.356 e. The van der Waals surface area contributed by atoms with Crippen LogP contribution < -0.4 is 0 Å². The number of pyridine rings is 1. The molecule has 1 aliphatic rings. The molecule has 9 heteroatoms. The largest absolute Gasteiger partial charge is 0.476 e. The summed E-state index contributed by atoms with van der Waals surface area (Å²) in [6.07, 6.45) is 3.36. The number of hydrogen-bond acceptors (Lipinski definition) is 7. The van der Waals surface area contributed by atoms with Crippen molar-refractivity contribution in [3.63, 3.8) is 0 Å². The van der Waals surface area contributed by atoms with E-state index in [-0.39, 0.29) is 11.7 Å². The molecule has 0 radical (unpaired) electrons. The van der Waals surface area contributed by atoms with E-state index in [2.05, 4.69) is 25.1 Å². The van der Waals surface area contributed by atoms with Crippen molar-refractivity contribution in [3.05, 3.63) is 47.9 Å². The summed E-state index contributed by atoms with van der Waals surface area (Å²) < 4.78 is 7.16. The summed E-state index contributed by atoms with van der Waals surface area (Å²) in [5, 5.41) is 17.2. The predicted octanol–water partition coefficient (Wildman–Crippen LogP) is 1.60. The van der Waals surface area contributed by atoms with E-state index in [9.17, 15) is 4.79 Å². The van der Waals surface area contributed by atoms with Crippen molar-refractivity contribution in [2.24, 2.45) is 0 Å². The normalized spacial score (nSPS) is 15.7. The summed E-state index contributed by atoms with van der Waals surface area (Å²) in [5.74, 6) is 0.0399. The molecule has 1 N–H and O–H groups in total. The third-order valence-electron chi connectivity index (χ3n) is 4.33. The van der Waals surface area contributed by atoms with Crippen LogP contribution in [-0.2, 0) is 13.1 Å². The number of fused-ring (bicyclic) bond motifs is 1. The summed E-state index contributed by atoms with van der Waals surface area (Å²) in [7, 11) is 0. The van der Waals surface area contributed by atoms with E-state index >= 15 is 0 Å². The maximum Gasteiger partial charge on any atom is 0.356 e. The zero-order valence-corrected chi connectivity index (χ0v) is 13.5. The van der Waals surface area contributed by atoms with Gasteiger partial charge in [0.05, 0.1) is 18.3 Å². The second-order valence-corrected chi connectivity index (χ2v) is 5.89. The van der Waals surface area contributed by atoms with Crippen LogP contribution in [0, 0.1) is 0 Å². The average molecular weight is 340 g/mol. The highest BCUT2D eigenvalue weighted by Gasteiger charge is 2.27. The highest BCUT2D eigenvalue weighted by molar-refractivity contribution is 5.85. The van der Waals surface area contributed by atoms with Gasteiger partial charge in [0.2, 0.25) is 11.7 Å². The van der Waals surface area contributed by atoms with E-state index < -0.39 is 5.97 Å². The molecule has 0 saturated heterocycles. The quantitative estimate of drug-likeness (QED) is 0.762. The molecule has 0 aromatic carbocycles. The minimum atomic E-state index is -1.01. The fourth-order valence-corrected chi connectivity index (χ4v) is 2.90. The number of carbonyl (C=O) groups is 1. The summed E-state index contributed by atoms with van der Waals surface area (Å²) in [6, 6.07) is 5.18. The van der Waals surface area contributed by atoms with Crippen molar-refractivity contribution in [1.29, 1.82) is 0 Å². The highest BCUT2D eigenvalue weighted by atomic mass is 16.5. The fourth-order valence-electron chi connectivity index (χ4n) is 2.90. The lowest BCUT2D eigenvalue weighted by molar-refractivity contribution is 0.0689. The summed E-state index contributed by atoms with van der Waals surface area (Å²) >= 11 is 0. The maximum atomic E-state index is 11.1. The molecule has 0 bridgehead atoms. The van der Waals surface area contributed by atoms with Gasteiger partial charge >= 0.3 is 5.97 Å². The van der Waals surface area contributed by atoms with E-state index in [1.54, 1.807) is 23.1 Å². The second kappa shape index (κ2) is 6.10. The van der Waals surface area contributed by atoms with Crippen molar-refractivity contribution < 1.29 is 14.4 Å². The van der Waals surface area contributed by atoms with Crippen LogP contribution in [-0.4, -0.2) is 47.4 Å². The molecule has 128 valence electrons. The Bertz CT molecular complexity index is 904. The predicted molar refractivity (Wildman–Crippen MR) is 85.5 cm³/mol. The SMILES string of the molecule is CC(c1nc(-c2ccncc2)no1)N1CCn2nc(C(=O)O)cc2C1. The molecule has 3 aromatic rings. The Kier molecular flexibility index (Phi) is 3.77. The minimum absolute atomic E-state index is 0.0715. The zero-order valence-electron chi connectivity index (χ0n) is 13.5. The van der Waals surface area contributed by atoms with Gasteiger partial charge < -0.3 is 9.63 Å². The minimum Gasteiger partial charge on any atom is -0.476 e. The van der Waals surface area contributed by atoms with Crippen LogP contribution in [0.2, 0.25) is 0 Å². The third-order valence-corrected chi connectivity index (χ3v) is 4.33. The van der Waals surface area contributed by atoms with Crippen LogP contribution in [0.15, 0.2) is 35.1 Å². The van der Waals surface area contributed by atoms with Crippen LogP contribution in [0.5, 0.6) is 0 Å². The standard InChI is InChI=1S/C16H16N6O3/c1-10(15-18-14(20-25-15)11-2-4-17-5-3-11)21-6-7-22-12(9-21)8-13(19-22)16(23)24/h2-5,8,10H,6-7,9H2,1H3,(H,23,24). The van der Waals surface area contributed by atoms with Gasteiger partial charge in [-0.05, 0) is 25.1 Å². The van der Waals surface area contributed by atoms with Gasteiger partial charge in [-0.25, -0.2) is 4.79 Å². The Morgan fingerprint density at radius 3 is 2.88 bits per heavy atom. The molecule has 0 spiro atoms. The van der Waals surface area contributed by atoms with E-state index in [0.29, 0.717) is 24.8 Å². The van der Waals surface area contributed by atoms with E-state index in [1.807, 2.05) is 19.1 Å². The summed E-state index contributed by atoms with van der Waals surface area (Å²) in [6.45, 7) is 3.92. The molecule has 3 aromatic heterocycles. The lowest BCUT2D eigenvalue weighted by atomic mass is 10.2. The fraction of sp³-hybridized carbons (Fsp3) is 0.312. The molecule has 9 nitrogen and oxygen atoms in total. The van der Waals surface area contributed by atoms with E-state index in [1.165, 1.54) is 0 Å². The molecule has 4 rings (SSSR count). The molecule has 1 aliphatic heterocycles. The van der Waals surface area contributed by atoms with Crippen molar-refractivity contribution in [2.45, 2.75) is 26.1 Å². The number of carboxylic acid groups (broad SMARTS) is 1. The highest BCUT2D eigenvalue weighted by Crippen LogP contribution is 2.26. The number of hydrogen-bond donors (Lipinski definition) is 1. The van der Waals surface area contributed by atoms with Crippen molar-refractivity contribution in [2.75, 3.05) is 6.54 Å². The molecule has 0 aliphatic carbocycles. The van der Waals surface area contributed by atoms with E-state index in [0.717, 1.165) is 17.8 Å². The first kappa shape index (κ1) is 15.5. The Morgan fingerprint density at radius 1 is 1.32 bits per heavy atom. The number of carboxylic acids is 1. The first-order valence-corrected chi connectivity index (χ1v) is 7.90. The number of nitrogens with zero attached hydrogens (tertiary/aromatic N) is 6. The molecule has 0 amide bonds. The van der Waals surface area contributed by atoms with Crippen molar-refractivity contribution in [1.82, 2.24) is 29.8 Å². The summed E-state index contributed by atoms with van der Waals surface area (Å²) in [5.41, 5.74) is 1.78. The van der Waals surface area contributed by atoms with Gasteiger partial charge in [0, 0.05) is 31.0 Å². The Labute approximate surface area is 142 Å². The van der Waals surface area contributed by atoms with E-state index in [4.69, 9.17) is 9.63 Å². The molecular weight excluding hydrogens is 324 g/mol.